The van der Waals surface area contributed by atoms with Gasteiger partial charge >= 0.3 is 0 Å². The number of nitrogens with one attached hydrogen (secondary N) is 2. The predicted molar refractivity (Wildman–Crippen MR) is 80.6 cm³/mol. The zero-order valence-electron chi connectivity index (χ0n) is 12.6. The second-order valence-corrected chi connectivity index (χ2v) is 5.54. The summed E-state index contributed by atoms with van der Waals surface area (Å²) in [7, 11) is 0. The number of fused-ring (bicyclic) bond motifs is 1. The van der Waals surface area contributed by atoms with E-state index in [1.165, 1.54) is 6.33 Å². The number of amides is 3. The summed E-state index contributed by atoms with van der Waals surface area (Å²) in [6, 6.07) is 5.61. The van der Waals surface area contributed by atoms with Crippen molar-refractivity contribution in [2.75, 3.05) is 5.32 Å². The van der Waals surface area contributed by atoms with Crippen LogP contribution in [0, 0.1) is 5.92 Å². The van der Waals surface area contributed by atoms with Crippen molar-refractivity contribution in [3.8, 4) is 0 Å². The summed E-state index contributed by atoms with van der Waals surface area (Å²) in [6.45, 7) is 3.54. The molecule has 0 aliphatic carbocycles. The molecule has 3 amide bonds. The van der Waals surface area contributed by atoms with Crippen LogP contribution in [0.3, 0.4) is 0 Å². The molecule has 0 radical (unpaired) electrons. The van der Waals surface area contributed by atoms with Crippen molar-refractivity contribution in [2.24, 2.45) is 5.92 Å². The third-order valence-corrected chi connectivity index (χ3v) is 3.66. The molecule has 1 aromatic carbocycles. The first-order valence-corrected chi connectivity index (χ1v) is 7.14. The van der Waals surface area contributed by atoms with Gasteiger partial charge < -0.3 is 0 Å². The Labute approximate surface area is 131 Å². The fourth-order valence-corrected chi connectivity index (χ4v) is 2.64. The number of hydrogen-bond donors (Lipinski definition) is 2. The Kier molecular flexibility index (Phi) is 3.65. The number of aromatic nitrogens is 3. The average molecular weight is 313 g/mol. The first kappa shape index (κ1) is 14.9. The van der Waals surface area contributed by atoms with Crippen molar-refractivity contribution in [2.45, 2.75) is 19.9 Å². The molecule has 0 saturated carbocycles. The summed E-state index contributed by atoms with van der Waals surface area (Å²) in [5, 5.41) is 8.69. The van der Waals surface area contributed by atoms with Crippen LogP contribution in [-0.2, 0) is 4.79 Å². The van der Waals surface area contributed by atoms with E-state index in [0.29, 0.717) is 11.1 Å². The molecule has 1 aliphatic heterocycles. The Morgan fingerprint density at radius 1 is 1.17 bits per heavy atom. The largest absolute Gasteiger partial charge is 0.293 e. The number of rotatable bonds is 4. The van der Waals surface area contributed by atoms with Crippen molar-refractivity contribution in [3.63, 3.8) is 0 Å². The van der Waals surface area contributed by atoms with Crippen LogP contribution in [0.5, 0.6) is 0 Å². The fraction of sp³-hybridized carbons (Fsp3) is 0.267. The highest BCUT2D eigenvalue weighted by atomic mass is 16.2. The molecule has 2 N–H and O–H groups in total. The Bertz CT molecular complexity index is 734. The lowest BCUT2D eigenvalue weighted by atomic mass is 10.0. The van der Waals surface area contributed by atoms with E-state index >= 15 is 0 Å². The molecule has 2 aromatic rings. The summed E-state index contributed by atoms with van der Waals surface area (Å²) in [6.07, 6.45) is 1.25. The van der Waals surface area contributed by atoms with E-state index in [2.05, 4.69) is 20.5 Å². The Morgan fingerprint density at radius 2 is 1.78 bits per heavy atom. The molecule has 1 aliphatic rings. The van der Waals surface area contributed by atoms with Crippen molar-refractivity contribution >= 4 is 23.7 Å². The topological polar surface area (TPSA) is 108 Å². The standard InChI is InChI=1S/C15H15N5O3/c1-8(2)11(12(21)18-15-16-7-17-19-15)20-13(22)9-5-3-4-6-10(9)14(20)23/h3-8,11H,1-2H3,(H2,16,17,18,19,21)/t11-/m1/s1. The second-order valence-electron chi connectivity index (χ2n) is 5.54. The number of H-pyrrole nitrogens is 1. The molecule has 0 saturated heterocycles. The Morgan fingerprint density at radius 3 is 2.26 bits per heavy atom. The van der Waals surface area contributed by atoms with Gasteiger partial charge in [-0.1, -0.05) is 26.0 Å². The van der Waals surface area contributed by atoms with Gasteiger partial charge in [0.1, 0.15) is 12.4 Å². The minimum Gasteiger partial charge on any atom is -0.293 e. The van der Waals surface area contributed by atoms with Gasteiger partial charge in [0.2, 0.25) is 11.9 Å². The first-order chi connectivity index (χ1) is 11.0. The van der Waals surface area contributed by atoms with Crippen LogP contribution >= 0.6 is 0 Å². The number of anilines is 1. The molecule has 0 spiro atoms. The third kappa shape index (κ3) is 2.48. The number of imide groups is 1. The first-order valence-electron chi connectivity index (χ1n) is 7.14. The molecule has 0 fully saturated rings. The van der Waals surface area contributed by atoms with Gasteiger partial charge in [-0.2, -0.15) is 10.1 Å². The van der Waals surface area contributed by atoms with Gasteiger partial charge in [0.25, 0.3) is 11.8 Å². The average Bonchev–Trinajstić information content (AvgIpc) is 3.10. The van der Waals surface area contributed by atoms with Gasteiger partial charge in [0, 0.05) is 0 Å². The summed E-state index contributed by atoms with van der Waals surface area (Å²) < 4.78 is 0. The van der Waals surface area contributed by atoms with Crippen molar-refractivity contribution < 1.29 is 14.4 Å². The van der Waals surface area contributed by atoms with Gasteiger partial charge in [0.05, 0.1) is 11.1 Å². The van der Waals surface area contributed by atoms with Crippen LogP contribution in [0.2, 0.25) is 0 Å². The SMILES string of the molecule is CC(C)[C@H](C(=O)Nc1ncn[nH]1)N1C(=O)c2ccccc2C1=O. The molecule has 2 heterocycles. The van der Waals surface area contributed by atoms with E-state index in [-0.39, 0.29) is 11.9 Å². The molecule has 8 heteroatoms. The van der Waals surface area contributed by atoms with Crippen molar-refractivity contribution in [1.82, 2.24) is 20.1 Å². The van der Waals surface area contributed by atoms with Gasteiger partial charge in [-0.05, 0) is 18.1 Å². The third-order valence-electron chi connectivity index (χ3n) is 3.66. The molecule has 3 rings (SSSR count). The lowest BCUT2D eigenvalue weighted by Gasteiger charge is -2.27. The van der Waals surface area contributed by atoms with E-state index in [4.69, 9.17) is 0 Å². The molecule has 1 atom stereocenters. The zero-order chi connectivity index (χ0) is 16.6. The molecule has 0 unspecified atom stereocenters. The maximum absolute atomic E-state index is 12.5. The number of benzene rings is 1. The van der Waals surface area contributed by atoms with Crippen LogP contribution < -0.4 is 5.32 Å². The van der Waals surface area contributed by atoms with Crippen molar-refractivity contribution in [1.29, 1.82) is 0 Å². The summed E-state index contributed by atoms with van der Waals surface area (Å²) in [5.74, 6) is -1.52. The van der Waals surface area contributed by atoms with Crippen LogP contribution in [0.4, 0.5) is 5.95 Å². The summed E-state index contributed by atoms with van der Waals surface area (Å²) >= 11 is 0. The Hall–Kier alpha value is -3.03. The molecule has 23 heavy (non-hydrogen) atoms. The van der Waals surface area contributed by atoms with Gasteiger partial charge in [-0.15, -0.1) is 0 Å². The van der Waals surface area contributed by atoms with E-state index in [0.717, 1.165) is 4.90 Å². The molecule has 118 valence electrons. The van der Waals surface area contributed by atoms with Gasteiger partial charge in [-0.3, -0.25) is 24.6 Å². The van der Waals surface area contributed by atoms with Crippen LogP contribution in [0.25, 0.3) is 0 Å². The van der Waals surface area contributed by atoms with Crippen LogP contribution in [0.1, 0.15) is 34.6 Å². The monoisotopic (exact) mass is 313 g/mol. The fourth-order valence-electron chi connectivity index (χ4n) is 2.64. The maximum atomic E-state index is 12.5. The number of aromatic amines is 1. The highest BCUT2D eigenvalue weighted by molar-refractivity contribution is 6.23. The highest BCUT2D eigenvalue weighted by Crippen LogP contribution is 2.27. The molecule has 0 bridgehead atoms. The number of hydrogen-bond acceptors (Lipinski definition) is 5. The summed E-state index contributed by atoms with van der Waals surface area (Å²) in [4.78, 5) is 42.5. The van der Waals surface area contributed by atoms with Crippen molar-refractivity contribution in [3.05, 3.63) is 41.7 Å². The van der Waals surface area contributed by atoms with Crippen LogP contribution in [-0.4, -0.2) is 43.8 Å². The molecule has 8 nitrogen and oxygen atoms in total. The summed E-state index contributed by atoms with van der Waals surface area (Å²) in [5.41, 5.74) is 0.631. The molecule has 1 aromatic heterocycles. The molecular weight excluding hydrogens is 298 g/mol. The minimum absolute atomic E-state index is 0.164. The lowest BCUT2D eigenvalue weighted by molar-refractivity contribution is -0.121. The van der Waals surface area contributed by atoms with Gasteiger partial charge in [0.15, 0.2) is 0 Å². The minimum atomic E-state index is -0.938. The quantitative estimate of drug-likeness (QED) is 0.821. The number of carbonyl (C=O) groups is 3. The smallest absolute Gasteiger partial charge is 0.262 e. The van der Waals surface area contributed by atoms with E-state index < -0.39 is 23.8 Å². The number of carbonyl (C=O) groups excluding carboxylic acids is 3. The maximum Gasteiger partial charge on any atom is 0.262 e. The van der Waals surface area contributed by atoms with Gasteiger partial charge in [-0.25, -0.2) is 5.10 Å². The molecular formula is C15H15N5O3. The Balaban J connectivity index is 1.92. The normalized spacial score (nSPS) is 15.0. The van der Waals surface area contributed by atoms with E-state index in [1.54, 1.807) is 38.1 Å². The second kappa shape index (κ2) is 5.64. The highest BCUT2D eigenvalue weighted by Gasteiger charge is 2.43. The van der Waals surface area contributed by atoms with Crippen LogP contribution in [0.15, 0.2) is 30.6 Å². The lowest BCUT2D eigenvalue weighted by Crippen LogP contribution is -2.50. The van der Waals surface area contributed by atoms with E-state index in [1.807, 2.05) is 0 Å². The number of nitrogens with zero attached hydrogens (tertiary/aromatic N) is 3. The zero-order valence-corrected chi connectivity index (χ0v) is 12.6. The van der Waals surface area contributed by atoms with E-state index in [9.17, 15) is 14.4 Å². The predicted octanol–water partition coefficient (Wildman–Crippen LogP) is 1.06.